The number of benzene rings is 1. The number of rotatable bonds is 4. The first-order valence-electron chi connectivity index (χ1n) is 7.46. The summed E-state index contributed by atoms with van der Waals surface area (Å²) in [7, 11) is -4.48. The summed E-state index contributed by atoms with van der Waals surface area (Å²) in [5, 5.41) is 0. The Bertz CT molecular complexity index is 986. The Morgan fingerprint density at radius 1 is 1.42 bits per heavy atom. The van der Waals surface area contributed by atoms with Gasteiger partial charge in [-0.15, -0.1) is 0 Å². The molecule has 2 aromatic heterocycles. The number of aromatic nitrogens is 2. The van der Waals surface area contributed by atoms with E-state index in [1.165, 1.54) is 12.1 Å². The summed E-state index contributed by atoms with van der Waals surface area (Å²) in [4.78, 5) is 25.4. The third kappa shape index (κ3) is 2.62. The molecule has 1 fully saturated rings. The molecule has 5 N–H and O–H groups in total. The molecule has 0 unspecified atom stereocenters. The van der Waals surface area contributed by atoms with E-state index in [1.807, 2.05) is 0 Å². The lowest BCUT2D eigenvalue weighted by Gasteiger charge is -2.05. The number of anilines is 1. The molecule has 1 saturated carbocycles. The largest absolute Gasteiger partial charge is 0.445 e. The fourth-order valence-corrected chi connectivity index (χ4v) is 3.21. The molecule has 0 radical (unpaired) electrons. The first-order valence-corrected chi connectivity index (χ1v) is 9.07. The van der Waals surface area contributed by atoms with Crippen LogP contribution in [0.3, 0.4) is 0 Å². The van der Waals surface area contributed by atoms with Gasteiger partial charge in [-0.1, -0.05) is 0 Å². The molecule has 4 rings (SSSR count). The number of aromatic amines is 1. The number of hydrogen-bond acceptors (Lipinski definition) is 4. The van der Waals surface area contributed by atoms with Crippen LogP contribution in [0.5, 0.6) is 0 Å². The number of nitrogen functional groups attached to an aromatic ring is 1. The number of H-pyrrole nitrogens is 1. The number of halogens is 1. The normalized spacial score (nSPS) is 15.3. The van der Waals surface area contributed by atoms with E-state index >= 15 is 0 Å². The van der Waals surface area contributed by atoms with Gasteiger partial charge in [-0.2, -0.15) is 0 Å². The Balaban J connectivity index is 1.79. The Kier molecular flexibility index (Phi) is 3.32. The third-order valence-electron chi connectivity index (χ3n) is 4.14. The van der Waals surface area contributed by atoms with E-state index in [-0.39, 0.29) is 22.8 Å². The highest BCUT2D eigenvalue weighted by Gasteiger charge is 2.26. The van der Waals surface area contributed by atoms with Gasteiger partial charge >= 0.3 is 7.60 Å². The molecule has 9 heteroatoms. The Hall–Kier alpha value is -2.15. The molecule has 0 spiro atoms. The minimum absolute atomic E-state index is 0.0348. The summed E-state index contributed by atoms with van der Waals surface area (Å²) in [5.74, 6) is 0.435. The van der Waals surface area contributed by atoms with Crippen LogP contribution in [0, 0.1) is 11.7 Å². The van der Waals surface area contributed by atoms with Crippen LogP contribution in [0.25, 0.3) is 22.6 Å². The van der Waals surface area contributed by atoms with Crippen LogP contribution in [0.1, 0.15) is 18.4 Å². The van der Waals surface area contributed by atoms with Crippen molar-refractivity contribution in [3.8, 4) is 11.6 Å². The standard InChI is InChI=1S/C15H15FN3O4P/c16-12-8(5-7-1-2-7)6-9-14(13(12)17)19-15(18-9)10-3-4-11(23-10)24(20,21)22/h3-4,6-7H,1-2,5,17H2,(H,18,19)(H2,20,21,22). The second kappa shape index (κ2) is 5.17. The summed E-state index contributed by atoms with van der Waals surface area (Å²) in [5.41, 5.74) is 6.77. The molecular weight excluding hydrogens is 336 g/mol. The van der Waals surface area contributed by atoms with Gasteiger partial charge < -0.3 is 24.9 Å². The van der Waals surface area contributed by atoms with Crippen molar-refractivity contribution in [2.24, 2.45) is 5.92 Å². The zero-order valence-corrected chi connectivity index (χ0v) is 13.4. The number of fused-ring (bicyclic) bond motifs is 1. The molecule has 126 valence electrons. The summed E-state index contributed by atoms with van der Waals surface area (Å²) < 4.78 is 30.7. The zero-order chi connectivity index (χ0) is 17.1. The zero-order valence-electron chi connectivity index (χ0n) is 12.5. The molecule has 0 saturated heterocycles. The molecule has 1 aliphatic rings. The fourth-order valence-electron chi connectivity index (χ4n) is 2.72. The van der Waals surface area contributed by atoms with Crippen molar-refractivity contribution in [1.29, 1.82) is 0 Å². The smallest absolute Gasteiger partial charge is 0.391 e. The van der Waals surface area contributed by atoms with Crippen molar-refractivity contribution in [3.05, 3.63) is 29.6 Å². The minimum atomic E-state index is -4.48. The topological polar surface area (TPSA) is 125 Å². The van der Waals surface area contributed by atoms with E-state index in [2.05, 4.69) is 9.97 Å². The number of furan rings is 1. The van der Waals surface area contributed by atoms with Gasteiger partial charge in [0.15, 0.2) is 17.4 Å². The molecular formula is C15H15FN3O4P. The van der Waals surface area contributed by atoms with Crippen molar-refractivity contribution >= 4 is 29.8 Å². The Morgan fingerprint density at radius 3 is 2.79 bits per heavy atom. The van der Waals surface area contributed by atoms with Crippen molar-refractivity contribution in [2.45, 2.75) is 19.3 Å². The molecule has 24 heavy (non-hydrogen) atoms. The minimum Gasteiger partial charge on any atom is -0.445 e. The predicted molar refractivity (Wildman–Crippen MR) is 86.3 cm³/mol. The highest BCUT2D eigenvalue weighted by molar-refractivity contribution is 7.59. The molecule has 1 aromatic carbocycles. The lowest BCUT2D eigenvalue weighted by Crippen LogP contribution is -1.99. The number of nitrogens with zero attached hydrogens (tertiary/aromatic N) is 1. The second-order valence-electron chi connectivity index (χ2n) is 6.07. The van der Waals surface area contributed by atoms with Gasteiger partial charge in [-0.25, -0.2) is 9.37 Å². The average Bonchev–Trinajstić information content (AvgIpc) is 3.01. The first-order chi connectivity index (χ1) is 11.3. The van der Waals surface area contributed by atoms with Gasteiger partial charge in [0.05, 0.1) is 11.2 Å². The van der Waals surface area contributed by atoms with Gasteiger partial charge in [0.1, 0.15) is 5.52 Å². The van der Waals surface area contributed by atoms with E-state index in [1.54, 1.807) is 6.07 Å². The van der Waals surface area contributed by atoms with E-state index in [0.29, 0.717) is 23.4 Å². The molecule has 0 atom stereocenters. The maximum absolute atomic E-state index is 14.4. The second-order valence-corrected chi connectivity index (χ2v) is 7.60. The third-order valence-corrected chi connectivity index (χ3v) is 4.96. The van der Waals surface area contributed by atoms with Crippen molar-refractivity contribution < 1.29 is 23.2 Å². The maximum atomic E-state index is 14.4. The quantitative estimate of drug-likeness (QED) is 0.422. The molecule has 1 aliphatic carbocycles. The van der Waals surface area contributed by atoms with Gasteiger partial charge in [0.25, 0.3) is 0 Å². The van der Waals surface area contributed by atoms with Crippen LogP contribution in [0.4, 0.5) is 10.1 Å². The molecule has 7 nitrogen and oxygen atoms in total. The Labute approximate surface area is 135 Å². The number of hydrogen-bond donors (Lipinski definition) is 4. The van der Waals surface area contributed by atoms with Gasteiger partial charge in [-0.05, 0) is 48.9 Å². The first kappa shape index (κ1) is 15.4. The number of nitrogens with one attached hydrogen (secondary N) is 1. The van der Waals surface area contributed by atoms with E-state index < -0.39 is 18.9 Å². The van der Waals surface area contributed by atoms with Crippen LogP contribution in [-0.4, -0.2) is 19.8 Å². The highest BCUT2D eigenvalue weighted by Crippen LogP contribution is 2.37. The summed E-state index contributed by atoms with van der Waals surface area (Å²) in [6.07, 6.45) is 2.84. The fraction of sp³-hybridized carbons (Fsp3) is 0.267. The van der Waals surface area contributed by atoms with Gasteiger partial charge in [-0.3, -0.25) is 4.57 Å². The number of imidazole rings is 1. The average molecular weight is 351 g/mol. The molecule has 0 aliphatic heterocycles. The summed E-state index contributed by atoms with van der Waals surface area (Å²) in [6, 6.07) is 4.26. The van der Waals surface area contributed by atoms with Crippen LogP contribution in [0.15, 0.2) is 22.6 Å². The SMILES string of the molecule is Nc1c(F)c(CC2CC2)cc2[nH]c(-c3ccc(P(=O)(O)O)o3)nc12. The van der Waals surface area contributed by atoms with Crippen molar-refractivity contribution in [1.82, 2.24) is 9.97 Å². The molecule has 3 aromatic rings. The monoisotopic (exact) mass is 351 g/mol. The van der Waals surface area contributed by atoms with Crippen LogP contribution in [-0.2, 0) is 11.0 Å². The van der Waals surface area contributed by atoms with Gasteiger partial charge in [0.2, 0.25) is 5.50 Å². The Morgan fingerprint density at radius 2 is 2.17 bits per heavy atom. The highest BCUT2D eigenvalue weighted by atomic mass is 31.2. The van der Waals surface area contributed by atoms with E-state index in [0.717, 1.165) is 12.8 Å². The van der Waals surface area contributed by atoms with Gasteiger partial charge in [0, 0.05) is 0 Å². The van der Waals surface area contributed by atoms with E-state index in [4.69, 9.17) is 19.9 Å². The lowest BCUT2D eigenvalue weighted by molar-refractivity contribution is 0.377. The van der Waals surface area contributed by atoms with Crippen LogP contribution < -0.4 is 11.2 Å². The van der Waals surface area contributed by atoms with Crippen molar-refractivity contribution in [2.75, 3.05) is 5.73 Å². The molecule has 2 heterocycles. The number of nitrogens with two attached hydrogens (primary N) is 1. The molecule has 0 amide bonds. The van der Waals surface area contributed by atoms with Crippen molar-refractivity contribution in [3.63, 3.8) is 0 Å². The predicted octanol–water partition coefficient (Wildman–Crippen LogP) is 2.30. The van der Waals surface area contributed by atoms with Crippen LogP contribution >= 0.6 is 7.60 Å². The maximum Gasteiger partial charge on any atom is 0.391 e. The van der Waals surface area contributed by atoms with Crippen LogP contribution in [0.2, 0.25) is 0 Å². The summed E-state index contributed by atoms with van der Waals surface area (Å²) >= 11 is 0. The lowest BCUT2D eigenvalue weighted by atomic mass is 10.1. The summed E-state index contributed by atoms with van der Waals surface area (Å²) in [6.45, 7) is 0. The van der Waals surface area contributed by atoms with E-state index in [9.17, 15) is 8.96 Å². The molecule has 0 bridgehead atoms.